The van der Waals surface area contributed by atoms with Gasteiger partial charge in [0.2, 0.25) is 5.91 Å². The van der Waals surface area contributed by atoms with Crippen LogP contribution in [0.2, 0.25) is 5.02 Å². The topological polar surface area (TPSA) is 153 Å². The lowest BCUT2D eigenvalue weighted by Gasteiger charge is -2.26. The molecule has 2 aliphatic carbocycles. The van der Waals surface area contributed by atoms with Crippen LogP contribution < -0.4 is 4.74 Å². The van der Waals surface area contributed by atoms with Crippen LogP contribution in [0, 0.1) is 0 Å². The molecule has 0 bridgehead atoms. The monoisotopic (exact) mass is 714 g/mol. The molecule has 3 unspecified atom stereocenters. The zero-order valence-electron chi connectivity index (χ0n) is 27.6. The van der Waals surface area contributed by atoms with Crippen LogP contribution in [0.15, 0.2) is 65.8 Å². The maximum absolute atomic E-state index is 12.9. The Hall–Kier alpha value is -2.74. The molecule has 1 amide bonds. The molecule has 10 nitrogen and oxygen atoms in total. The van der Waals surface area contributed by atoms with Gasteiger partial charge < -0.3 is 39.9 Å². The summed E-state index contributed by atoms with van der Waals surface area (Å²) in [5.74, 6) is 1.23. The number of unbranched alkanes of at least 4 members (excludes halogenated alkanes) is 1. The first kappa shape index (κ1) is 37.5. The van der Waals surface area contributed by atoms with Gasteiger partial charge in [0, 0.05) is 53.1 Å². The number of hydrogen-bond acceptors (Lipinski definition) is 10. The van der Waals surface area contributed by atoms with Crippen LogP contribution in [0.5, 0.6) is 5.75 Å². The van der Waals surface area contributed by atoms with Gasteiger partial charge in [0.25, 0.3) is 0 Å². The van der Waals surface area contributed by atoms with Gasteiger partial charge in [-0.3, -0.25) is 9.78 Å². The van der Waals surface area contributed by atoms with E-state index in [1.54, 1.807) is 16.7 Å². The van der Waals surface area contributed by atoms with Gasteiger partial charge >= 0.3 is 0 Å². The highest BCUT2D eigenvalue weighted by atomic mass is 35.5. The zero-order valence-corrected chi connectivity index (χ0v) is 29.2. The Labute approximate surface area is 297 Å². The third-order valence-electron chi connectivity index (χ3n) is 8.92. The first-order valence-electron chi connectivity index (χ1n) is 17.0. The molecule has 0 aliphatic heterocycles. The number of halogens is 1. The lowest BCUT2D eigenvalue weighted by atomic mass is 9.96. The number of para-hydroxylation sites is 1. The summed E-state index contributed by atoms with van der Waals surface area (Å²) in [5.41, 5.74) is 3.60. The minimum Gasteiger partial charge on any atom is -0.490 e. The van der Waals surface area contributed by atoms with Crippen molar-refractivity contribution in [3.63, 3.8) is 0 Å². The van der Waals surface area contributed by atoms with E-state index < -0.39 is 30.5 Å². The number of amides is 1. The second kappa shape index (κ2) is 18.0. The minimum atomic E-state index is -1.63. The van der Waals surface area contributed by atoms with Crippen LogP contribution >= 0.6 is 23.4 Å². The van der Waals surface area contributed by atoms with E-state index in [4.69, 9.17) is 26.2 Å². The van der Waals surface area contributed by atoms with E-state index in [9.17, 15) is 25.2 Å². The molecule has 12 heteroatoms. The second-order valence-corrected chi connectivity index (χ2v) is 14.4. The van der Waals surface area contributed by atoms with Gasteiger partial charge in [-0.1, -0.05) is 29.8 Å². The quantitative estimate of drug-likeness (QED) is 0.0776. The standard InChI is InChI=1S/C37H47ClN2O8S/c38-31-11-10-27(49-19-5-17-40(16-3-4-18-41)35(45)21-32(43)36(46)33(44)23-42)20-25(31)24-47-37(13-14-37)30-22-39-15-12-28(30)29-6-1-2-7-34(29)48-26-8-9-26/h1-2,6-7,10-12,15,20,22,26,32-33,36,41-44,46H,3-5,8-9,13-14,16-19,21,23-24H2. The molecule has 0 spiro atoms. The molecule has 2 aromatic carbocycles. The molecule has 2 aliphatic rings. The summed E-state index contributed by atoms with van der Waals surface area (Å²) in [5, 5.41) is 48.6. The predicted octanol–water partition coefficient (Wildman–Crippen LogP) is 4.70. The largest absolute Gasteiger partial charge is 0.490 e. The van der Waals surface area contributed by atoms with Crippen molar-refractivity contribution in [2.45, 2.75) is 92.9 Å². The molecule has 0 saturated heterocycles. The highest BCUT2D eigenvalue weighted by Gasteiger charge is 2.48. The number of carbonyl (C=O) groups excluding carboxylic acids is 1. The molecule has 0 radical (unpaired) electrons. The molecule has 1 heterocycles. The first-order valence-corrected chi connectivity index (χ1v) is 18.4. The fourth-order valence-electron chi connectivity index (χ4n) is 5.74. The summed E-state index contributed by atoms with van der Waals surface area (Å²) in [6.07, 6.45) is 4.69. The molecule has 1 aromatic heterocycles. The normalized spacial score (nSPS) is 16.9. The van der Waals surface area contributed by atoms with Crippen molar-refractivity contribution in [3.8, 4) is 16.9 Å². The van der Waals surface area contributed by atoms with Gasteiger partial charge in [-0.2, -0.15) is 0 Å². The number of thioether (sulfide) groups is 1. The molecular weight excluding hydrogens is 668 g/mol. The Balaban J connectivity index is 1.17. The first-order chi connectivity index (χ1) is 23.7. The van der Waals surface area contributed by atoms with Crippen LogP contribution in [0.4, 0.5) is 0 Å². The van der Waals surface area contributed by atoms with Gasteiger partial charge in [-0.25, -0.2) is 0 Å². The number of benzene rings is 2. The summed E-state index contributed by atoms with van der Waals surface area (Å²) >= 11 is 8.28. The highest BCUT2D eigenvalue weighted by molar-refractivity contribution is 7.99. The molecule has 2 saturated carbocycles. The summed E-state index contributed by atoms with van der Waals surface area (Å²) in [6.45, 7) is 0.459. The number of pyridine rings is 1. The fraction of sp³-hybridized carbons (Fsp3) is 0.514. The molecule has 5 rings (SSSR count). The maximum atomic E-state index is 12.9. The Bertz CT molecular complexity index is 1520. The fourth-order valence-corrected chi connectivity index (χ4v) is 6.81. The molecule has 2 fully saturated rings. The van der Waals surface area contributed by atoms with Crippen molar-refractivity contribution in [2.24, 2.45) is 0 Å². The van der Waals surface area contributed by atoms with Crippen LogP contribution in [-0.2, 0) is 21.7 Å². The minimum absolute atomic E-state index is 0.0122. The number of aromatic nitrogens is 1. The van der Waals surface area contributed by atoms with Gasteiger partial charge in [0.1, 0.15) is 18.0 Å². The Morgan fingerprint density at radius 2 is 1.78 bits per heavy atom. The van der Waals surface area contributed by atoms with Crippen LogP contribution in [0.3, 0.4) is 0 Å². The van der Waals surface area contributed by atoms with E-state index in [0.29, 0.717) is 49.7 Å². The third-order valence-corrected chi connectivity index (χ3v) is 10.4. The SMILES string of the molecule is O=C(CC(O)C(O)C(O)CO)N(CCCCO)CCCSc1ccc(Cl)c(COC2(c3cnccc3-c3ccccc3OC3CC3)CC2)c1. The summed E-state index contributed by atoms with van der Waals surface area (Å²) in [4.78, 5) is 20.0. The molecule has 5 N–H and O–H groups in total. The average Bonchev–Trinajstić information content (AvgIpc) is 4.06. The number of ether oxygens (including phenoxy) is 2. The lowest BCUT2D eigenvalue weighted by Crippen LogP contribution is -2.43. The van der Waals surface area contributed by atoms with Crippen molar-refractivity contribution in [2.75, 3.05) is 32.1 Å². The van der Waals surface area contributed by atoms with Crippen molar-refractivity contribution in [1.82, 2.24) is 9.88 Å². The summed E-state index contributed by atoms with van der Waals surface area (Å²) < 4.78 is 12.9. The second-order valence-electron chi connectivity index (χ2n) is 12.8. The lowest BCUT2D eigenvalue weighted by molar-refractivity contribution is -0.138. The Morgan fingerprint density at radius 3 is 2.51 bits per heavy atom. The predicted molar refractivity (Wildman–Crippen MR) is 188 cm³/mol. The average molecular weight is 715 g/mol. The number of carbonyl (C=O) groups is 1. The van der Waals surface area contributed by atoms with Crippen molar-refractivity contribution in [1.29, 1.82) is 0 Å². The highest BCUT2D eigenvalue weighted by Crippen LogP contribution is 2.53. The van der Waals surface area contributed by atoms with Crippen molar-refractivity contribution >= 4 is 29.3 Å². The number of hydrogen-bond donors (Lipinski definition) is 5. The maximum Gasteiger partial charge on any atom is 0.225 e. The number of aliphatic hydroxyl groups is 5. The van der Waals surface area contributed by atoms with E-state index in [0.717, 1.165) is 58.6 Å². The third kappa shape index (κ3) is 10.4. The molecule has 3 atom stereocenters. The van der Waals surface area contributed by atoms with Crippen LogP contribution in [0.1, 0.15) is 62.5 Å². The molecule has 3 aromatic rings. The van der Waals surface area contributed by atoms with Crippen LogP contribution in [0.25, 0.3) is 11.1 Å². The number of aliphatic hydroxyl groups excluding tert-OH is 5. The van der Waals surface area contributed by atoms with Gasteiger partial charge in [0.15, 0.2) is 0 Å². The van der Waals surface area contributed by atoms with Crippen molar-refractivity contribution < 1.29 is 39.8 Å². The van der Waals surface area contributed by atoms with Crippen LogP contribution in [-0.4, -0.2) is 97.8 Å². The Morgan fingerprint density at radius 1 is 1.00 bits per heavy atom. The zero-order chi connectivity index (χ0) is 34.8. The number of rotatable bonds is 21. The molecule has 49 heavy (non-hydrogen) atoms. The smallest absolute Gasteiger partial charge is 0.225 e. The molecular formula is C37H47ClN2O8S. The van der Waals surface area contributed by atoms with Crippen molar-refractivity contribution in [3.05, 3.63) is 77.1 Å². The van der Waals surface area contributed by atoms with Gasteiger partial charge in [-0.15, -0.1) is 11.8 Å². The molecule has 266 valence electrons. The van der Waals surface area contributed by atoms with Gasteiger partial charge in [0.05, 0.1) is 37.4 Å². The summed E-state index contributed by atoms with van der Waals surface area (Å²) in [7, 11) is 0. The van der Waals surface area contributed by atoms with E-state index >= 15 is 0 Å². The van der Waals surface area contributed by atoms with E-state index in [-0.39, 0.29) is 25.0 Å². The Kier molecular flexibility index (Phi) is 13.8. The summed E-state index contributed by atoms with van der Waals surface area (Å²) in [6, 6.07) is 16.1. The van der Waals surface area contributed by atoms with Gasteiger partial charge in [-0.05, 0) is 92.2 Å². The van der Waals surface area contributed by atoms with E-state index in [1.807, 2.05) is 54.9 Å². The van der Waals surface area contributed by atoms with E-state index in [2.05, 4.69) is 11.1 Å². The van der Waals surface area contributed by atoms with E-state index in [1.165, 1.54) is 0 Å². The number of nitrogens with zero attached hydrogens (tertiary/aromatic N) is 2.